The average molecular weight is 195 g/mol. The van der Waals surface area contributed by atoms with E-state index in [-0.39, 0.29) is 5.54 Å². The largest absolute Gasteiger partial charge is 0.375 e. The maximum absolute atomic E-state index is 6.19. The fraction of sp³-hybridized carbons (Fsp3) is 1.00. The van der Waals surface area contributed by atoms with Crippen molar-refractivity contribution in [3.8, 4) is 0 Å². The van der Waals surface area contributed by atoms with Crippen LogP contribution in [-0.2, 0) is 4.74 Å². The van der Waals surface area contributed by atoms with E-state index in [0.717, 1.165) is 11.8 Å². The van der Waals surface area contributed by atoms with Gasteiger partial charge < -0.3 is 10.5 Å². The van der Waals surface area contributed by atoms with Crippen molar-refractivity contribution in [3.05, 3.63) is 0 Å². The molecule has 0 aromatic rings. The van der Waals surface area contributed by atoms with Gasteiger partial charge in [0.2, 0.25) is 0 Å². The summed E-state index contributed by atoms with van der Waals surface area (Å²) in [7, 11) is 0. The monoisotopic (exact) mass is 195 g/mol. The van der Waals surface area contributed by atoms with Crippen LogP contribution in [0.5, 0.6) is 0 Å². The van der Waals surface area contributed by atoms with Crippen LogP contribution in [-0.4, -0.2) is 17.7 Å². The Morgan fingerprint density at radius 2 is 1.64 bits per heavy atom. The summed E-state index contributed by atoms with van der Waals surface area (Å²) in [6.45, 7) is 2.21. The summed E-state index contributed by atoms with van der Waals surface area (Å²) in [6.07, 6.45) is 8.84. The number of hydrogen-bond acceptors (Lipinski definition) is 2. The number of rotatable bonds is 2. The van der Waals surface area contributed by atoms with Crippen LogP contribution in [0.25, 0.3) is 0 Å². The number of nitrogens with two attached hydrogens (primary N) is 1. The zero-order valence-electron chi connectivity index (χ0n) is 9.04. The third-order valence-electron chi connectivity index (χ3n) is 4.16. The lowest BCUT2D eigenvalue weighted by atomic mass is 9.97. The van der Waals surface area contributed by atoms with E-state index in [1.807, 2.05) is 0 Å². The first-order valence-corrected chi connectivity index (χ1v) is 6.07. The molecule has 0 radical (unpaired) electrons. The Bertz CT molecular complexity index is 218. The first-order chi connectivity index (χ1) is 6.62. The van der Waals surface area contributed by atoms with Crippen LogP contribution in [0.3, 0.4) is 0 Å². The van der Waals surface area contributed by atoms with Crippen molar-refractivity contribution in [1.82, 2.24) is 0 Å². The summed E-state index contributed by atoms with van der Waals surface area (Å²) in [5.41, 5.74) is 6.31. The Kier molecular flexibility index (Phi) is 1.94. The molecule has 3 aliphatic carbocycles. The molecule has 3 aliphatic rings. The second-order valence-corrected chi connectivity index (χ2v) is 6.01. The van der Waals surface area contributed by atoms with E-state index >= 15 is 0 Å². The molecule has 0 amide bonds. The standard InChI is InChI=1S/C12H21NO/c1-12(13)6-8-4-11(5-9(8)7-12)14-10-2-3-10/h8-11H,2-7,13H2,1H3/t8-,9+,11?,12?. The first kappa shape index (κ1) is 9.17. The molecular formula is C12H21NO. The van der Waals surface area contributed by atoms with Crippen molar-refractivity contribution in [2.45, 2.75) is 63.2 Å². The van der Waals surface area contributed by atoms with E-state index in [2.05, 4.69) is 6.92 Å². The Morgan fingerprint density at radius 3 is 2.14 bits per heavy atom. The highest BCUT2D eigenvalue weighted by molar-refractivity contribution is 5.00. The molecule has 3 rings (SSSR count). The predicted molar refractivity (Wildman–Crippen MR) is 55.9 cm³/mol. The lowest BCUT2D eigenvalue weighted by molar-refractivity contribution is 0.0381. The molecule has 2 N–H and O–H groups in total. The van der Waals surface area contributed by atoms with Crippen LogP contribution in [0.4, 0.5) is 0 Å². The molecule has 3 fully saturated rings. The van der Waals surface area contributed by atoms with Crippen molar-refractivity contribution in [1.29, 1.82) is 0 Å². The highest BCUT2D eigenvalue weighted by Gasteiger charge is 2.46. The molecule has 14 heavy (non-hydrogen) atoms. The Hall–Kier alpha value is -0.0800. The molecule has 2 nitrogen and oxygen atoms in total. The van der Waals surface area contributed by atoms with Crippen molar-refractivity contribution in [3.63, 3.8) is 0 Å². The topological polar surface area (TPSA) is 35.2 Å². The molecule has 0 spiro atoms. The van der Waals surface area contributed by atoms with Gasteiger partial charge in [-0.05, 0) is 57.3 Å². The van der Waals surface area contributed by atoms with E-state index in [9.17, 15) is 0 Å². The highest BCUT2D eigenvalue weighted by atomic mass is 16.5. The van der Waals surface area contributed by atoms with Gasteiger partial charge in [0.25, 0.3) is 0 Å². The van der Waals surface area contributed by atoms with Gasteiger partial charge in [-0.3, -0.25) is 0 Å². The van der Waals surface area contributed by atoms with Gasteiger partial charge in [0.15, 0.2) is 0 Å². The van der Waals surface area contributed by atoms with E-state index in [1.165, 1.54) is 38.5 Å². The van der Waals surface area contributed by atoms with Crippen LogP contribution < -0.4 is 5.73 Å². The molecule has 0 aromatic carbocycles. The van der Waals surface area contributed by atoms with Crippen LogP contribution in [0.1, 0.15) is 45.4 Å². The Balaban J connectivity index is 1.57. The molecule has 80 valence electrons. The molecule has 2 heteroatoms. The number of fused-ring (bicyclic) bond motifs is 1. The molecule has 0 heterocycles. The molecule has 0 bridgehead atoms. The SMILES string of the molecule is CC1(N)C[C@H]2CC(OC3CC3)C[C@H]2C1. The smallest absolute Gasteiger partial charge is 0.0584 e. The molecular weight excluding hydrogens is 174 g/mol. The van der Waals surface area contributed by atoms with E-state index < -0.39 is 0 Å². The van der Waals surface area contributed by atoms with Crippen LogP contribution in [0.2, 0.25) is 0 Å². The Labute approximate surface area is 86.2 Å². The van der Waals surface area contributed by atoms with Gasteiger partial charge in [-0.15, -0.1) is 0 Å². The molecule has 0 aromatic heterocycles. The van der Waals surface area contributed by atoms with E-state index in [0.29, 0.717) is 12.2 Å². The van der Waals surface area contributed by atoms with Crippen molar-refractivity contribution in [2.24, 2.45) is 17.6 Å². The average Bonchev–Trinajstić information content (AvgIpc) is 2.70. The zero-order valence-corrected chi connectivity index (χ0v) is 9.04. The van der Waals surface area contributed by atoms with Crippen LogP contribution in [0.15, 0.2) is 0 Å². The zero-order chi connectivity index (χ0) is 9.76. The first-order valence-electron chi connectivity index (χ1n) is 6.07. The summed E-state index contributed by atoms with van der Waals surface area (Å²) in [5.74, 6) is 1.74. The minimum atomic E-state index is 0.125. The molecule has 2 unspecified atom stereocenters. The van der Waals surface area contributed by atoms with Gasteiger partial charge in [-0.1, -0.05) is 0 Å². The fourth-order valence-electron chi connectivity index (χ4n) is 3.53. The van der Waals surface area contributed by atoms with Crippen LogP contribution >= 0.6 is 0 Å². The number of ether oxygens (including phenoxy) is 1. The van der Waals surface area contributed by atoms with Gasteiger partial charge in [-0.2, -0.15) is 0 Å². The van der Waals surface area contributed by atoms with Gasteiger partial charge >= 0.3 is 0 Å². The molecule has 0 aliphatic heterocycles. The van der Waals surface area contributed by atoms with Crippen molar-refractivity contribution < 1.29 is 4.74 Å². The third kappa shape index (κ3) is 1.70. The summed E-state index contributed by atoms with van der Waals surface area (Å²) in [4.78, 5) is 0. The minimum Gasteiger partial charge on any atom is -0.375 e. The summed E-state index contributed by atoms with van der Waals surface area (Å²) < 4.78 is 5.99. The fourth-order valence-corrected chi connectivity index (χ4v) is 3.53. The maximum atomic E-state index is 6.19. The second-order valence-electron chi connectivity index (χ2n) is 6.01. The van der Waals surface area contributed by atoms with Gasteiger partial charge in [0.05, 0.1) is 12.2 Å². The van der Waals surface area contributed by atoms with E-state index in [4.69, 9.17) is 10.5 Å². The van der Waals surface area contributed by atoms with Gasteiger partial charge in [0.1, 0.15) is 0 Å². The normalized spacial score (nSPS) is 52.3. The quantitative estimate of drug-likeness (QED) is 0.732. The predicted octanol–water partition coefficient (Wildman–Crippen LogP) is 2.07. The van der Waals surface area contributed by atoms with Crippen LogP contribution in [0, 0.1) is 11.8 Å². The van der Waals surface area contributed by atoms with Gasteiger partial charge in [-0.25, -0.2) is 0 Å². The summed E-state index contributed by atoms with van der Waals surface area (Å²) >= 11 is 0. The number of hydrogen-bond donors (Lipinski definition) is 1. The summed E-state index contributed by atoms with van der Waals surface area (Å²) in [6, 6.07) is 0. The molecule has 4 atom stereocenters. The third-order valence-corrected chi connectivity index (χ3v) is 4.16. The van der Waals surface area contributed by atoms with Crippen molar-refractivity contribution >= 4 is 0 Å². The minimum absolute atomic E-state index is 0.125. The second kappa shape index (κ2) is 2.96. The van der Waals surface area contributed by atoms with Crippen molar-refractivity contribution in [2.75, 3.05) is 0 Å². The molecule has 3 saturated carbocycles. The highest BCUT2D eigenvalue weighted by Crippen LogP contribution is 2.49. The lowest BCUT2D eigenvalue weighted by Crippen LogP contribution is -2.33. The van der Waals surface area contributed by atoms with E-state index in [1.54, 1.807) is 0 Å². The van der Waals surface area contributed by atoms with Gasteiger partial charge in [0, 0.05) is 5.54 Å². The Morgan fingerprint density at radius 1 is 1.07 bits per heavy atom. The summed E-state index contributed by atoms with van der Waals surface area (Å²) in [5, 5.41) is 0. The maximum Gasteiger partial charge on any atom is 0.0584 e. The lowest BCUT2D eigenvalue weighted by Gasteiger charge is -2.20. The molecule has 0 saturated heterocycles.